The highest BCUT2D eigenvalue weighted by Crippen LogP contribution is 2.28. The molecule has 0 spiro atoms. The number of amides is 1. The molecule has 0 fully saturated rings. The molecule has 0 aliphatic heterocycles. The van der Waals surface area contributed by atoms with Crippen LogP contribution < -0.4 is 4.18 Å². The molecule has 0 saturated heterocycles. The minimum atomic E-state index is -4.04. The molecule has 25 heavy (non-hydrogen) atoms. The Morgan fingerprint density at radius 3 is 2.12 bits per heavy atom. The Morgan fingerprint density at radius 2 is 1.60 bits per heavy atom. The molecule has 1 amide bonds. The van der Waals surface area contributed by atoms with Gasteiger partial charge < -0.3 is 9.08 Å². The molecule has 2 aromatic carbocycles. The van der Waals surface area contributed by atoms with E-state index in [9.17, 15) is 13.2 Å². The highest BCUT2D eigenvalue weighted by molar-refractivity contribution is 7.87. The number of carbonyl (C=O) groups is 1. The second-order valence-electron chi connectivity index (χ2n) is 5.12. The summed E-state index contributed by atoms with van der Waals surface area (Å²) in [7, 11) is -4.04. The molecule has 0 unspecified atom stereocenters. The maximum absolute atomic E-state index is 12.3. The van der Waals surface area contributed by atoms with Crippen molar-refractivity contribution in [2.45, 2.75) is 18.7 Å². The molecule has 0 atom stereocenters. The first kappa shape index (κ1) is 19.6. The highest BCUT2D eigenvalue weighted by atomic mass is 35.5. The van der Waals surface area contributed by atoms with E-state index in [0.717, 1.165) is 0 Å². The summed E-state index contributed by atoms with van der Waals surface area (Å²) in [5.74, 6) is -0.1000. The molecule has 2 aromatic rings. The Bertz CT molecular complexity index is 863. The van der Waals surface area contributed by atoms with Gasteiger partial charge in [-0.25, -0.2) is 0 Å². The zero-order chi connectivity index (χ0) is 18.6. The first-order chi connectivity index (χ1) is 11.8. The zero-order valence-electron chi connectivity index (χ0n) is 13.7. The van der Waals surface area contributed by atoms with E-state index in [1.165, 1.54) is 42.5 Å². The van der Waals surface area contributed by atoms with Crippen molar-refractivity contribution < 1.29 is 17.4 Å². The van der Waals surface area contributed by atoms with Gasteiger partial charge in [0.25, 0.3) is 5.91 Å². The van der Waals surface area contributed by atoms with E-state index < -0.39 is 10.1 Å². The molecule has 0 aliphatic rings. The van der Waals surface area contributed by atoms with Crippen molar-refractivity contribution in [2.75, 3.05) is 13.1 Å². The lowest BCUT2D eigenvalue weighted by Crippen LogP contribution is -2.30. The minimum absolute atomic E-state index is 0.0534. The average molecular weight is 402 g/mol. The van der Waals surface area contributed by atoms with Crippen molar-refractivity contribution in [3.05, 3.63) is 58.1 Å². The third kappa shape index (κ3) is 4.66. The van der Waals surface area contributed by atoms with Crippen LogP contribution in [0.25, 0.3) is 0 Å². The third-order valence-corrected chi connectivity index (χ3v) is 5.54. The smallest absolute Gasteiger partial charge is 0.339 e. The molecule has 0 saturated carbocycles. The summed E-state index contributed by atoms with van der Waals surface area (Å²) >= 11 is 11.6. The van der Waals surface area contributed by atoms with E-state index in [4.69, 9.17) is 27.4 Å². The standard InChI is InChI=1S/C17H17Cl2NO4S/c1-3-20(4-2)17(21)12-5-8-14(9-6-12)25(22,23)24-13-7-10-15(18)16(19)11-13/h5-11H,3-4H2,1-2H3. The third-order valence-electron chi connectivity index (χ3n) is 3.54. The van der Waals surface area contributed by atoms with Gasteiger partial charge in [-0.3, -0.25) is 4.79 Å². The van der Waals surface area contributed by atoms with Crippen LogP contribution in [0.1, 0.15) is 24.2 Å². The van der Waals surface area contributed by atoms with Crippen LogP contribution in [0.4, 0.5) is 0 Å². The number of rotatable bonds is 6. The van der Waals surface area contributed by atoms with Crippen LogP contribution in [0, 0.1) is 0 Å². The van der Waals surface area contributed by atoms with Crippen molar-refractivity contribution in [1.29, 1.82) is 0 Å². The van der Waals surface area contributed by atoms with Crippen molar-refractivity contribution in [3.8, 4) is 5.75 Å². The molecule has 0 bridgehead atoms. The summed E-state index contributed by atoms with van der Waals surface area (Å²) in [6, 6.07) is 9.77. The maximum atomic E-state index is 12.3. The van der Waals surface area contributed by atoms with E-state index in [1.807, 2.05) is 13.8 Å². The Kier molecular flexibility index (Phi) is 6.32. The second-order valence-corrected chi connectivity index (χ2v) is 7.48. The molecule has 134 valence electrons. The zero-order valence-corrected chi connectivity index (χ0v) is 16.0. The molecule has 0 N–H and O–H groups in total. The van der Waals surface area contributed by atoms with E-state index in [2.05, 4.69) is 0 Å². The molecule has 8 heteroatoms. The van der Waals surface area contributed by atoms with Gasteiger partial charge >= 0.3 is 10.1 Å². The molecular formula is C17H17Cl2NO4S. The van der Waals surface area contributed by atoms with Gasteiger partial charge in [-0.1, -0.05) is 23.2 Å². The molecule has 2 rings (SSSR count). The molecule has 0 heterocycles. The Balaban J connectivity index is 2.22. The largest absolute Gasteiger partial charge is 0.379 e. The molecule has 0 aromatic heterocycles. The summed E-state index contributed by atoms with van der Waals surface area (Å²) in [5, 5.41) is 0.486. The predicted octanol–water partition coefficient (Wildman–Crippen LogP) is 4.24. The van der Waals surface area contributed by atoms with E-state index in [1.54, 1.807) is 4.90 Å². The number of benzene rings is 2. The van der Waals surface area contributed by atoms with Gasteiger partial charge in [0, 0.05) is 24.7 Å². The van der Waals surface area contributed by atoms with Crippen LogP contribution in [0.3, 0.4) is 0 Å². The van der Waals surface area contributed by atoms with Crippen LogP contribution in [-0.2, 0) is 10.1 Å². The van der Waals surface area contributed by atoms with Gasteiger partial charge in [0.1, 0.15) is 10.6 Å². The average Bonchev–Trinajstić information content (AvgIpc) is 2.59. The Labute approximate surface area is 157 Å². The van der Waals surface area contributed by atoms with Crippen LogP contribution >= 0.6 is 23.2 Å². The lowest BCUT2D eigenvalue weighted by molar-refractivity contribution is 0.0773. The minimum Gasteiger partial charge on any atom is -0.379 e. The second kappa shape index (κ2) is 8.08. The summed E-state index contributed by atoms with van der Waals surface area (Å²) in [5.41, 5.74) is 0.414. The van der Waals surface area contributed by atoms with Crippen LogP contribution in [0.15, 0.2) is 47.4 Å². The van der Waals surface area contributed by atoms with Crippen molar-refractivity contribution in [3.63, 3.8) is 0 Å². The van der Waals surface area contributed by atoms with Crippen molar-refractivity contribution in [1.82, 2.24) is 4.90 Å². The van der Waals surface area contributed by atoms with Gasteiger partial charge in [-0.2, -0.15) is 8.42 Å². The molecular weight excluding hydrogens is 385 g/mol. The number of carbonyl (C=O) groups excluding carboxylic acids is 1. The van der Waals surface area contributed by atoms with E-state index in [-0.39, 0.29) is 21.6 Å². The molecule has 0 aliphatic carbocycles. The predicted molar refractivity (Wildman–Crippen MR) is 98.0 cm³/mol. The summed E-state index contributed by atoms with van der Waals surface area (Å²) in [6.45, 7) is 4.92. The molecule has 0 radical (unpaired) electrons. The van der Waals surface area contributed by atoms with Crippen LogP contribution in [0.5, 0.6) is 5.75 Å². The number of nitrogens with zero attached hydrogens (tertiary/aromatic N) is 1. The number of halogens is 2. The van der Waals surface area contributed by atoms with Gasteiger partial charge in [-0.15, -0.1) is 0 Å². The lowest BCUT2D eigenvalue weighted by atomic mass is 10.2. The van der Waals surface area contributed by atoms with E-state index in [0.29, 0.717) is 23.7 Å². The van der Waals surface area contributed by atoms with Gasteiger partial charge in [-0.05, 0) is 50.2 Å². The number of hydrogen-bond acceptors (Lipinski definition) is 4. The summed E-state index contributed by atoms with van der Waals surface area (Å²) in [4.78, 5) is 13.8. The SMILES string of the molecule is CCN(CC)C(=O)c1ccc(S(=O)(=O)Oc2ccc(Cl)c(Cl)c2)cc1. The summed E-state index contributed by atoms with van der Waals surface area (Å²) in [6.07, 6.45) is 0. The van der Waals surface area contributed by atoms with E-state index >= 15 is 0 Å². The van der Waals surface area contributed by atoms with Crippen LogP contribution in [-0.4, -0.2) is 32.3 Å². The van der Waals surface area contributed by atoms with Crippen LogP contribution in [0.2, 0.25) is 10.0 Å². The Morgan fingerprint density at radius 1 is 1.00 bits per heavy atom. The van der Waals surface area contributed by atoms with Crippen molar-refractivity contribution in [2.24, 2.45) is 0 Å². The first-order valence-electron chi connectivity index (χ1n) is 7.57. The first-order valence-corrected chi connectivity index (χ1v) is 9.73. The summed E-state index contributed by atoms with van der Waals surface area (Å²) < 4.78 is 29.7. The fourth-order valence-corrected chi connectivity index (χ4v) is 3.37. The number of hydrogen-bond donors (Lipinski definition) is 0. The fourth-order valence-electron chi connectivity index (χ4n) is 2.16. The fraction of sp³-hybridized carbons (Fsp3) is 0.235. The topological polar surface area (TPSA) is 63.7 Å². The van der Waals surface area contributed by atoms with Crippen molar-refractivity contribution >= 4 is 39.2 Å². The molecule has 5 nitrogen and oxygen atoms in total. The monoisotopic (exact) mass is 401 g/mol. The lowest BCUT2D eigenvalue weighted by Gasteiger charge is -2.18. The van der Waals surface area contributed by atoms with Gasteiger partial charge in [0.2, 0.25) is 0 Å². The van der Waals surface area contributed by atoms with Gasteiger partial charge in [0.15, 0.2) is 0 Å². The normalized spacial score (nSPS) is 11.2. The van der Waals surface area contributed by atoms with Gasteiger partial charge in [0.05, 0.1) is 10.0 Å². The highest BCUT2D eigenvalue weighted by Gasteiger charge is 2.19. The quantitative estimate of drug-likeness (QED) is 0.678. The maximum Gasteiger partial charge on any atom is 0.339 e. The Hall–Kier alpha value is -1.76.